The number of rotatable bonds is 3. The third kappa shape index (κ3) is 2.20. The van der Waals surface area contributed by atoms with Crippen molar-refractivity contribution in [2.24, 2.45) is 0 Å². The van der Waals surface area contributed by atoms with Gasteiger partial charge in [0, 0.05) is 16.0 Å². The van der Waals surface area contributed by atoms with Gasteiger partial charge in [0.1, 0.15) is 5.75 Å². The van der Waals surface area contributed by atoms with Crippen molar-refractivity contribution in [3.63, 3.8) is 0 Å². The van der Waals surface area contributed by atoms with Gasteiger partial charge in [0.05, 0.1) is 20.3 Å². The number of methoxy groups -OCH3 is 1. The van der Waals surface area contributed by atoms with Gasteiger partial charge in [0.2, 0.25) is 5.79 Å². The Balaban J connectivity index is 2.17. The van der Waals surface area contributed by atoms with Crippen LogP contribution in [0.25, 0.3) is 0 Å². The monoisotopic (exact) mass is 288 g/mol. The highest BCUT2D eigenvalue weighted by molar-refractivity contribution is 7.80. The predicted molar refractivity (Wildman–Crippen MR) is 79.4 cm³/mol. The average molecular weight is 288 g/mol. The zero-order chi connectivity index (χ0) is 14.0. The molecule has 0 atom stereocenters. The van der Waals surface area contributed by atoms with Gasteiger partial charge in [0.15, 0.2) is 0 Å². The fourth-order valence-electron chi connectivity index (χ4n) is 2.45. The maximum Gasteiger partial charge on any atom is 0.223 e. The molecule has 0 aromatic heterocycles. The van der Waals surface area contributed by atoms with Crippen LogP contribution in [0.4, 0.5) is 0 Å². The zero-order valence-corrected chi connectivity index (χ0v) is 12.1. The number of thiol groups is 1. The van der Waals surface area contributed by atoms with Crippen molar-refractivity contribution in [1.82, 2.24) is 0 Å². The van der Waals surface area contributed by atoms with Crippen LogP contribution in [0.5, 0.6) is 5.75 Å². The number of hydrogen-bond donors (Lipinski definition) is 1. The van der Waals surface area contributed by atoms with Crippen LogP contribution in [0.3, 0.4) is 0 Å². The van der Waals surface area contributed by atoms with E-state index in [1.54, 1.807) is 7.11 Å². The normalized spacial score (nSPS) is 17.1. The first-order chi connectivity index (χ1) is 9.76. The Bertz CT molecular complexity index is 592. The van der Waals surface area contributed by atoms with Gasteiger partial charge in [-0.25, -0.2) is 0 Å². The van der Waals surface area contributed by atoms with Crippen molar-refractivity contribution in [3.05, 3.63) is 59.7 Å². The minimum absolute atomic E-state index is 0.555. The predicted octanol–water partition coefficient (Wildman–Crippen LogP) is 3.23. The second-order valence-electron chi connectivity index (χ2n) is 4.56. The molecule has 1 aliphatic heterocycles. The molecule has 0 N–H and O–H groups in total. The highest BCUT2D eigenvalue weighted by Crippen LogP contribution is 2.42. The third-order valence-corrected chi connectivity index (χ3v) is 3.80. The molecule has 1 aliphatic rings. The van der Waals surface area contributed by atoms with Crippen LogP contribution in [-0.2, 0) is 15.3 Å². The lowest BCUT2D eigenvalue weighted by Crippen LogP contribution is -2.29. The second kappa shape index (κ2) is 5.48. The van der Waals surface area contributed by atoms with Crippen LogP contribution in [-0.4, -0.2) is 20.3 Å². The highest BCUT2D eigenvalue weighted by Gasteiger charge is 2.42. The van der Waals surface area contributed by atoms with E-state index in [2.05, 4.69) is 12.6 Å². The quantitative estimate of drug-likeness (QED) is 0.879. The summed E-state index contributed by atoms with van der Waals surface area (Å²) in [5.74, 6) is -0.139. The summed E-state index contributed by atoms with van der Waals surface area (Å²) in [4.78, 5) is 0.816. The second-order valence-corrected chi connectivity index (χ2v) is 5.04. The van der Waals surface area contributed by atoms with E-state index in [9.17, 15) is 0 Å². The van der Waals surface area contributed by atoms with E-state index in [0.717, 1.165) is 21.8 Å². The Kier molecular flexibility index (Phi) is 3.70. The lowest BCUT2D eigenvalue weighted by atomic mass is 9.97. The molecule has 0 aliphatic carbocycles. The first kappa shape index (κ1) is 13.5. The van der Waals surface area contributed by atoms with E-state index in [0.29, 0.717) is 13.2 Å². The van der Waals surface area contributed by atoms with Gasteiger partial charge in [0.25, 0.3) is 0 Å². The average Bonchev–Trinajstić information content (AvgIpc) is 2.99. The molecule has 0 amide bonds. The molecule has 1 saturated heterocycles. The SMILES string of the molecule is COc1ccc(S)c(C2(c3ccccc3)OCCO2)c1. The largest absolute Gasteiger partial charge is 0.497 e. The molecule has 0 saturated carbocycles. The molecule has 0 radical (unpaired) electrons. The molecule has 0 spiro atoms. The fourth-order valence-corrected chi connectivity index (χ4v) is 2.74. The molecule has 1 fully saturated rings. The summed E-state index contributed by atoms with van der Waals surface area (Å²) in [6.45, 7) is 1.11. The van der Waals surface area contributed by atoms with Crippen LogP contribution in [0.1, 0.15) is 11.1 Å². The van der Waals surface area contributed by atoms with Crippen molar-refractivity contribution in [1.29, 1.82) is 0 Å². The Morgan fingerprint density at radius 1 is 1.05 bits per heavy atom. The van der Waals surface area contributed by atoms with Crippen molar-refractivity contribution in [3.8, 4) is 5.75 Å². The molecule has 1 heterocycles. The van der Waals surface area contributed by atoms with Gasteiger partial charge >= 0.3 is 0 Å². The maximum atomic E-state index is 5.97. The van der Waals surface area contributed by atoms with Crippen molar-refractivity contribution >= 4 is 12.6 Å². The summed E-state index contributed by atoms with van der Waals surface area (Å²) in [5, 5.41) is 0. The molecule has 2 aromatic rings. The standard InChI is InChI=1S/C16H16O3S/c1-17-13-7-8-15(20)14(11-13)16(18-9-10-19-16)12-5-3-2-4-6-12/h2-8,11,20H,9-10H2,1H3. The summed E-state index contributed by atoms with van der Waals surface area (Å²) in [7, 11) is 1.64. The summed E-state index contributed by atoms with van der Waals surface area (Å²) < 4.78 is 17.2. The van der Waals surface area contributed by atoms with Gasteiger partial charge in [-0.15, -0.1) is 12.6 Å². The number of benzene rings is 2. The molecule has 20 heavy (non-hydrogen) atoms. The van der Waals surface area contributed by atoms with Crippen molar-refractivity contribution in [2.75, 3.05) is 20.3 Å². The first-order valence-corrected chi connectivity index (χ1v) is 6.92. The molecular formula is C16H16O3S. The van der Waals surface area contributed by atoms with Crippen molar-refractivity contribution < 1.29 is 14.2 Å². The topological polar surface area (TPSA) is 27.7 Å². The Morgan fingerprint density at radius 2 is 1.75 bits per heavy atom. The summed E-state index contributed by atoms with van der Waals surface area (Å²) in [5.41, 5.74) is 1.82. The molecule has 3 nitrogen and oxygen atoms in total. The Hall–Kier alpha value is -1.49. The van der Waals surface area contributed by atoms with Crippen LogP contribution >= 0.6 is 12.6 Å². The number of hydrogen-bond acceptors (Lipinski definition) is 4. The lowest BCUT2D eigenvalue weighted by Gasteiger charge is -2.29. The van der Waals surface area contributed by atoms with Crippen molar-refractivity contribution in [2.45, 2.75) is 10.7 Å². The molecule has 3 rings (SSSR count). The number of ether oxygens (including phenoxy) is 3. The van der Waals surface area contributed by atoms with Gasteiger partial charge in [-0.3, -0.25) is 0 Å². The molecule has 104 valence electrons. The molecular weight excluding hydrogens is 272 g/mol. The fraction of sp³-hybridized carbons (Fsp3) is 0.250. The summed E-state index contributed by atoms with van der Waals surface area (Å²) >= 11 is 4.55. The Labute approximate surface area is 123 Å². The van der Waals surface area contributed by atoms with Gasteiger partial charge in [-0.05, 0) is 18.2 Å². The van der Waals surface area contributed by atoms with Crippen LogP contribution in [0, 0.1) is 0 Å². The van der Waals surface area contributed by atoms with E-state index < -0.39 is 5.79 Å². The molecule has 4 heteroatoms. The minimum atomic E-state index is -0.896. The van der Waals surface area contributed by atoms with E-state index in [1.165, 1.54) is 0 Å². The molecule has 0 bridgehead atoms. The van der Waals surface area contributed by atoms with Gasteiger partial charge < -0.3 is 14.2 Å². The van der Waals surface area contributed by atoms with Gasteiger partial charge in [-0.2, -0.15) is 0 Å². The minimum Gasteiger partial charge on any atom is -0.497 e. The summed E-state index contributed by atoms with van der Waals surface area (Å²) in [6, 6.07) is 15.6. The lowest BCUT2D eigenvalue weighted by molar-refractivity contribution is -0.131. The maximum absolute atomic E-state index is 5.97. The zero-order valence-electron chi connectivity index (χ0n) is 11.2. The van der Waals surface area contributed by atoms with E-state index in [1.807, 2.05) is 48.5 Å². The van der Waals surface area contributed by atoms with Crippen LogP contribution < -0.4 is 4.74 Å². The smallest absolute Gasteiger partial charge is 0.223 e. The Morgan fingerprint density at radius 3 is 2.40 bits per heavy atom. The first-order valence-electron chi connectivity index (χ1n) is 6.47. The molecule has 2 aromatic carbocycles. The van der Waals surface area contributed by atoms with Crippen LogP contribution in [0.2, 0.25) is 0 Å². The third-order valence-electron chi connectivity index (χ3n) is 3.41. The highest BCUT2D eigenvalue weighted by atomic mass is 32.1. The van der Waals surface area contributed by atoms with E-state index >= 15 is 0 Å². The summed E-state index contributed by atoms with van der Waals surface area (Å²) in [6.07, 6.45) is 0. The van der Waals surface area contributed by atoms with Gasteiger partial charge in [-0.1, -0.05) is 30.3 Å². The van der Waals surface area contributed by atoms with E-state index in [4.69, 9.17) is 14.2 Å². The molecule has 0 unspecified atom stereocenters. The van der Waals surface area contributed by atoms with Crippen LogP contribution in [0.15, 0.2) is 53.4 Å². The van der Waals surface area contributed by atoms with E-state index in [-0.39, 0.29) is 0 Å².